The van der Waals surface area contributed by atoms with E-state index in [0.29, 0.717) is 12.3 Å². The Kier molecular flexibility index (Phi) is 5.76. The molecule has 0 bridgehead atoms. The van der Waals surface area contributed by atoms with Gasteiger partial charge in [0.2, 0.25) is 5.91 Å². The Morgan fingerprint density at radius 3 is 2.76 bits per heavy atom. The largest absolute Gasteiger partial charge is 0.387 e. The summed E-state index contributed by atoms with van der Waals surface area (Å²) in [7, 11) is 0. The van der Waals surface area contributed by atoms with Crippen molar-refractivity contribution in [3.05, 3.63) is 0 Å². The molecule has 1 rings (SSSR count). The first-order valence-electron chi connectivity index (χ1n) is 6.21. The predicted molar refractivity (Wildman–Crippen MR) is 71.9 cm³/mol. The van der Waals surface area contributed by atoms with Gasteiger partial charge in [-0.15, -0.1) is 0 Å². The number of nitrogens with two attached hydrogens (primary N) is 1. The number of carbonyl (C=O) groups excluding carboxylic acids is 1. The van der Waals surface area contributed by atoms with Crippen LogP contribution < -0.4 is 11.1 Å². The molecular weight excluding hydrogens is 236 g/mol. The van der Waals surface area contributed by atoms with E-state index in [1.807, 2.05) is 6.26 Å². The lowest BCUT2D eigenvalue weighted by Crippen LogP contribution is -2.48. The lowest BCUT2D eigenvalue weighted by Gasteiger charge is -2.29. The Morgan fingerprint density at radius 1 is 1.53 bits per heavy atom. The van der Waals surface area contributed by atoms with Gasteiger partial charge in [0.15, 0.2) is 0 Å². The van der Waals surface area contributed by atoms with Crippen LogP contribution in [-0.2, 0) is 4.79 Å². The van der Waals surface area contributed by atoms with Crippen molar-refractivity contribution in [3.8, 4) is 0 Å². The molecular formula is C12H24N2O2S. The van der Waals surface area contributed by atoms with Gasteiger partial charge in [0.25, 0.3) is 0 Å². The van der Waals surface area contributed by atoms with E-state index in [4.69, 9.17) is 5.73 Å². The molecule has 0 aliphatic heterocycles. The fourth-order valence-electron chi connectivity index (χ4n) is 2.26. The predicted octanol–water partition coefficient (Wildman–Crippen LogP) is 0.734. The van der Waals surface area contributed by atoms with Crippen LogP contribution in [0.3, 0.4) is 0 Å². The van der Waals surface area contributed by atoms with Gasteiger partial charge in [-0.1, -0.05) is 12.8 Å². The van der Waals surface area contributed by atoms with Gasteiger partial charge in [-0.2, -0.15) is 11.8 Å². The van der Waals surface area contributed by atoms with Crippen LogP contribution in [0.15, 0.2) is 0 Å². The molecule has 0 aromatic carbocycles. The first-order valence-corrected chi connectivity index (χ1v) is 7.60. The zero-order valence-electron chi connectivity index (χ0n) is 10.7. The number of hydrogen-bond acceptors (Lipinski definition) is 4. The Bertz CT molecular complexity index is 259. The minimum atomic E-state index is -0.839. The van der Waals surface area contributed by atoms with Crippen molar-refractivity contribution in [1.29, 1.82) is 0 Å². The van der Waals surface area contributed by atoms with E-state index in [0.717, 1.165) is 25.7 Å². The second kappa shape index (κ2) is 6.61. The van der Waals surface area contributed by atoms with Gasteiger partial charge in [0.05, 0.1) is 11.5 Å². The molecule has 0 heterocycles. The SMILES string of the molecule is CSCC(C)(O)CNC(=O)C1CCCCC1N. The summed E-state index contributed by atoms with van der Waals surface area (Å²) >= 11 is 1.57. The van der Waals surface area contributed by atoms with Crippen molar-refractivity contribution >= 4 is 17.7 Å². The summed E-state index contributed by atoms with van der Waals surface area (Å²) in [6, 6.07) is -0.0192. The van der Waals surface area contributed by atoms with Gasteiger partial charge in [0, 0.05) is 18.3 Å². The van der Waals surface area contributed by atoms with Gasteiger partial charge in [-0.25, -0.2) is 0 Å². The average Bonchev–Trinajstić information content (AvgIpc) is 2.27. The Morgan fingerprint density at radius 2 is 2.18 bits per heavy atom. The molecule has 0 saturated heterocycles. The zero-order valence-corrected chi connectivity index (χ0v) is 11.6. The van der Waals surface area contributed by atoms with E-state index in [9.17, 15) is 9.90 Å². The molecule has 3 atom stereocenters. The van der Waals surface area contributed by atoms with Crippen molar-refractivity contribution in [2.24, 2.45) is 11.7 Å². The van der Waals surface area contributed by atoms with Crippen LogP contribution in [0.25, 0.3) is 0 Å². The third-order valence-corrected chi connectivity index (χ3v) is 4.17. The molecule has 5 heteroatoms. The van der Waals surface area contributed by atoms with E-state index < -0.39 is 5.60 Å². The Labute approximate surface area is 108 Å². The van der Waals surface area contributed by atoms with Crippen LogP contribution in [0.4, 0.5) is 0 Å². The highest BCUT2D eigenvalue weighted by Crippen LogP contribution is 2.23. The van der Waals surface area contributed by atoms with Crippen LogP contribution in [0, 0.1) is 5.92 Å². The maximum absolute atomic E-state index is 12.0. The number of thioether (sulfide) groups is 1. The van der Waals surface area contributed by atoms with E-state index in [1.165, 1.54) is 0 Å². The van der Waals surface area contributed by atoms with E-state index in [2.05, 4.69) is 5.32 Å². The lowest BCUT2D eigenvalue weighted by molar-refractivity contribution is -0.127. The third kappa shape index (κ3) is 4.85. The molecule has 17 heavy (non-hydrogen) atoms. The minimum absolute atomic E-state index is 0.00132. The highest BCUT2D eigenvalue weighted by atomic mass is 32.2. The van der Waals surface area contributed by atoms with Gasteiger partial charge >= 0.3 is 0 Å². The van der Waals surface area contributed by atoms with Crippen molar-refractivity contribution in [2.75, 3.05) is 18.6 Å². The molecule has 0 aromatic rings. The van der Waals surface area contributed by atoms with Crippen LogP contribution in [0.2, 0.25) is 0 Å². The third-order valence-electron chi connectivity index (χ3n) is 3.25. The summed E-state index contributed by atoms with van der Waals surface area (Å²) in [6.45, 7) is 2.04. The molecule has 3 unspecified atom stereocenters. The van der Waals surface area contributed by atoms with Gasteiger partial charge in [-0.05, 0) is 26.0 Å². The zero-order chi connectivity index (χ0) is 12.9. The first-order chi connectivity index (χ1) is 7.96. The van der Waals surface area contributed by atoms with Crippen LogP contribution >= 0.6 is 11.8 Å². The smallest absolute Gasteiger partial charge is 0.224 e. The van der Waals surface area contributed by atoms with Crippen molar-refractivity contribution in [3.63, 3.8) is 0 Å². The molecule has 4 nitrogen and oxygen atoms in total. The van der Waals surface area contributed by atoms with Gasteiger partial charge < -0.3 is 16.2 Å². The standard InChI is InChI=1S/C12H24N2O2S/c1-12(16,8-17-2)7-14-11(15)9-5-3-4-6-10(9)13/h9-10,16H,3-8,13H2,1-2H3,(H,14,15). The number of amides is 1. The summed E-state index contributed by atoms with van der Waals surface area (Å²) in [5.41, 5.74) is 5.11. The number of nitrogens with one attached hydrogen (secondary N) is 1. The normalized spacial score (nSPS) is 28.5. The van der Waals surface area contributed by atoms with Gasteiger partial charge in [0.1, 0.15) is 0 Å². The number of hydrogen-bond donors (Lipinski definition) is 3. The van der Waals surface area contributed by atoms with E-state index in [1.54, 1.807) is 18.7 Å². The molecule has 1 aliphatic carbocycles. The second-order valence-electron chi connectivity index (χ2n) is 5.20. The monoisotopic (exact) mass is 260 g/mol. The number of aliphatic hydroxyl groups is 1. The molecule has 1 amide bonds. The Balaban J connectivity index is 2.38. The van der Waals surface area contributed by atoms with Crippen molar-refractivity contribution in [1.82, 2.24) is 5.32 Å². The molecule has 0 spiro atoms. The second-order valence-corrected chi connectivity index (χ2v) is 6.07. The fourth-order valence-corrected chi connectivity index (χ4v) is 2.98. The lowest BCUT2D eigenvalue weighted by atomic mass is 9.84. The first kappa shape index (κ1) is 14.8. The number of rotatable bonds is 5. The van der Waals surface area contributed by atoms with Gasteiger partial charge in [-0.3, -0.25) is 4.79 Å². The molecule has 100 valence electrons. The molecule has 1 fully saturated rings. The highest BCUT2D eigenvalue weighted by molar-refractivity contribution is 7.98. The molecule has 1 saturated carbocycles. The fraction of sp³-hybridized carbons (Fsp3) is 0.917. The van der Waals surface area contributed by atoms with Crippen LogP contribution in [-0.4, -0.2) is 41.2 Å². The van der Waals surface area contributed by atoms with Crippen LogP contribution in [0.5, 0.6) is 0 Å². The van der Waals surface area contributed by atoms with E-state index in [-0.39, 0.29) is 17.9 Å². The van der Waals surface area contributed by atoms with Crippen molar-refractivity contribution < 1.29 is 9.90 Å². The molecule has 0 radical (unpaired) electrons. The van der Waals surface area contributed by atoms with Crippen LogP contribution in [0.1, 0.15) is 32.6 Å². The summed E-state index contributed by atoms with van der Waals surface area (Å²) in [6.07, 6.45) is 5.94. The molecule has 4 N–H and O–H groups in total. The average molecular weight is 260 g/mol. The maximum Gasteiger partial charge on any atom is 0.224 e. The summed E-state index contributed by atoms with van der Waals surface area (Å²) in [5, 5.41) is 12.8. The van der Waals surface area contributed by atoms with E-state index >= 15 is 0 Å². The maximum atomic E-state index is 12.0. The minimum Gasteiger partial charge on any atom is -0.387 e. The topological polar surface area (TPSA) is 75.3 Å². The Hall–Kier alpha value is -0.260. The molecule has 0 aromatic heterocycles. The van der Waals surface area contributed by atoms with Crippen molar-refractivity contribution in [2.45, 2.75) is 44.2 Å². The highest BCUT2D eigenvalue weighted by Gasteiger charge is 2.29. The molecule has 1 aliphatic rings. The summed E-state index contributed by atoms with van der Waals surface area (Å²) in [5.74, 6) is 0.539. The quantitative estimate of drug-likeness (QED) is 0.681. The summed E-state index contributed by atoms with van der Waals surface area (Å²) < 4.78 is 0. The number of carbonyl (C=O) groups is 1. The summed E-state index contributed by atoms with van der Waals surface area (Å²) in [4.78, 5) is 12.0.